The predicted molar refractivity (Wildman–Crippen MR) is 87.3 cm³/mol. The molecule has 2 aromatic rings. The molecule has 1 amide bonds. The van der Waals surface area contributed by atoms with Crippen LogP contribution in [0, 0.1) is 6.92 Å². The van der Waals surface area contributed by atoms with Crippen LogP contribution in [0.15, 0.2) is 29.6 Å². The summed E-state index contributed by atoms with van der Waals surface area (Å²) in [6, 6.07) is 7.93. The van der Waals surface area contributed by atoms with E-state index in [-0.39, 0.29) is 18.9 Å². The molecular formula is C16H18N2O4S. The number of hydrogen-bond donors (Lipinski definition) is 3. The van der Waals surface area contributed by atoms with Crippen molar-refractivity contribution in [2.75, 3.05) is 6.54 Å². The average Bonchev–Trinajstić information content (AvgIpc) is 2.93. The Morgan fingerprint density at radius 3 is 2.78 bits per heavy atom. The number of aryl methyl sites for hydroxylation is 1. The summed E-state index contributed by atoms with van der Waals surface area (Å²) in [4.78, 5) is 27.0. The van der Waals surface area contributed by atoms with Gasteiger partial charge in [0.1, 0.15) is 5.01 Å². The largest absolute Gasteiger partial charge is 0.479 e. The number of hydrogen-bond acceptors (Lipinski definition) is 5. The molecule has 7 heteroatoms. The van der Waals surface area contributed by atoms with E-state index in [1.54, 1.807) is 5.38 Å². The average molecular weight is 334 g/mol. The van der Waals surface area contributed by atoms with Crippen LogP contribution in [0.4, 0.5) is 0 Å². The maximum atomic E-state index is 11.8. The third kappa shape index (κ3) is 4.61. The van der Waals surface area contributed by atoms with E-state index < -0.39 is 11.6 Å². The molecule has 2 rings (SSSR count). The van der Waals surface area contributed by atoms with Gasteiger partial charge in [-0.25, -0.2) is 9.78 Å². The van der Waals surface area contributed by atoms with Gasteiger partial charge in [0, 0.05) is 10.9 Å². The molecule has 1 heterocycles. The highest BCUT2D eigenvalue weighted by molar-refractivity contribution is 7.13. The van der Waals surface area contributed by atoms with Gasteiger partial charge in [-0.3, -0.25) is 4.79 Å². The fraction of sp³-hybridized carbons (Fsp3) is 0.312. The van der Waals surface area contributed by atoms with Crippen LogP contribution in [-0.2, 0) is 16.0 Å². The van der Waals surface area contributed by atoms with Gasteiger partial charge in [0.2, 0.25) is 5.91 Å². The molecule has 122 valence electrons. The van der Waals surface area contributed by atoms with Crippen LogP contribution in [0.3, 0.4) is 0 Å². The van der Waals surface area contributed by atoms with Gasteiger partial charge in [-0.2, -0.15) is 0 Å². The van der Waals surface area contributed by atoms with Crippen LogP contribution in [0.5, 0.6) is 0 Å². The fourth-order valence-corrected chi connectivity index (χ4v) is 2.69. The quantitative estimate of drug-likeness (QED) is 0.745. The molecule has 1 unspecified atom stereocenters. The number of nitrogens with one attached hydrogen (secondary N) is 1. The zero-order chi connectivity index (χ0) is 17.0. The van der Waals surface area contributed by atoms with Crippen LogP contribution in [-0.4, -0.2) is 39.2 Å². The lowest BCUT2D eigenvalue weighted by atomic mass is 10.1. The van der Waals surface area contributed by atoms with Gasteiger partial charge in [-0.15, -0.1) is 11.3 Å². The molecule has 0 radical (unpaired) electrons. The van der Waals surface area contributed by atoms with Crippen molar-refractivity contribution in [2.45, 2.75) is 25.9 Å². The van der Waals surface area contributed by atoms with Crippen molar-refractivity contribution in [1.29, 1.82) is 0 Å². The monoisotopic (exact) mass is 334 g/mol. The molecule has 23 heavy (non-hydrogen) atoms. The lowest BCUT2D eigenvalue weighted by molar-refractivity contribution is -0.156. The predicted octanol–water partition coefficient (Wildman–Crippen LogP) is 1.61. The smallest absolute Gasteiger partial charge is 0.337 e. The van der Waals surface area contributed by atoms with Crippen molar-refractivity contribution >= 4 is 23.2 Å². The molecule has 0 saturated heterocycles. The minimum absolute atomic E-state index is 0.0397. The van der Waals surface area contributed by atoms with E-state index in [4.69, 9.17) is 5.11 Å². The van der Waals surface area contributed by atoms with Crippen molar-refractivity contribution in [2.24, 2.45) is 0 Å². The second-order valence-electron chi connectivity index (χ2n) is 5.55. The molecular weight excluding hydrogens is 316 g/mol. The second-order valence-corrected chi connectivity index (χ2v) is 6.40. The molecule has 0 bridgehead atoms. The van der Waals surface area contributed by atoms with Gasteiger partial charge < -0.3 is 15.5 Å². The Hall–Kier alpha value is -2.25. The zero-order valence-corrected chi connectivity index (χ0v) is 13.7. The lowest BCUT2D eigenvalue weighted by Gasteiger charge is -2.17. The first-order valence-corrected chi connectivity index (χ1v) is 7.90. The lowest BCUT2D eigenvalue weighted by Crippen LogP contribution is -2.46. The van der Waals surface area contributed by atoms with Gasteiger partial charge in [-0.1, -0.05) is 23.8 Å². The van der Waals surface area contributed by atoms with E-state index >= 15 is 0 Å². The summed E-state index contributed by atoms with van der Waals surface area (Å²) in [7, 11) is 0. The molecule has 0 fully saturated rings. The number of carbonyl (C=O) groups excluding carboxylic acids is 1. The first kappa shape index (κ1) is 17.1. The van der Waals surface area contributed by atoms with Crippen LogP contribution in [0.2, 0.25) is 0 Å². The molecule has 1 aromatic heterocycles. The Balaban J connectivity index is 1.97. The number of carbonyl (C=O) groups is 2. The summed E-state index contributed by atoms with van der Waals surface area (Å²) in [6.45, 7) is 2.78. The standard InChI is InChI=1S/C16H18N2O4S/c1-10-4-3-5-11(6-10)14-18-12(8-23-14)7-13(19)17-9-16(2,22)15(20)21/h3-6,8,22H,7,9H2,1-2H3,(H,17,19)(H,20,21). The SMILES string of the molecule is Cc1cccc(-c2nc(CC(=O)NCC(C)(O)C(=O)O)cs2)c1. The number of aliphatic carboxylic acids is 1. The molecule has 6 nitrogen and oxygen atoms in total. The summed E-state index contributed by atoms with van der Waals surface area (Å²) in [5, 5.41) is 23.4. The van der Waals surface area contributed by atoms with E-state index in [1.807, 2.05) is 31.2 Å². The van der Waals surface area contributed by atoms with Crippen molar-refractivity contribution in [3.8, 4) is 10.6 Å². The Bertz CT molecular complexity index is 724. The molecule has 0 aliphatic carbocycles. The highest BCUT2D eigenvalue weighted by atomic mass is 32.1. The van der Waals surface area contributed by atoms with Crippen molar-refractivity contribution in [1.82, 2.24) is 10.3 Å². The van der Waals surface area contributed by atoms with Gasteiger partial charge in [-0.05, 0) is 19.9 Å². The third-order valence-electron chi connectivity index (χ3n) is 3.25. The highest BCUT2D eigenvalue weighted by Gasteiger charge is 2.30. The number of aliphatic hydroxyl groups is 1. The Labute approximate surface area is 137 Å². The number of carboxylic acid groups (broad SMARTS) is 1. The number of nitrogens with zero attached hydrogens (tertiary/aromatic N) is 1. The van der Waals surface area contributed by atoms with E-state index in [1.165, 1.54) is 11.3 Å². The fourth-order valence-electron chi connectivity index (χ4n) is 1.87. The first-order chi connectivity index (χ1) is 10.8. The molecule has 3 N–H and O–H groups in total. The van der Waals surface area contributed by atoms with Gasteiger partial charge in [0.05, 0.1) is 18.7 Å². The third-order valence-corrected chi connectivity index (χ3v) is 4.19. The number of benzene rings is 1. The summed E-state index contributed by atoms with van der Waals surface area (Å²) < 4.78 is 0. The number of rotatable bonds is 6. The molecule has 0 aliphatic heterocycles. The summed E-state index contributed by atoms with van der Waals surface area (Å²) in [6.07, 6.45) is 0.0397. The van der Waals surface area contributed by atoms with Crippen LogP contribution in [0.25, 0.3) is 10.6 Å². The topological polar surface area (TPSA) is 99.5 Å². The summed E-state index contributed by atoms with van der Waals surface area (Å²) in [5.41, 5.74) is 0.757. The van der Waals surface area contributed by atoms with E-state index in [2.05, 4.69) is 10.3 Å². The van der Waals surface area contributed by atoms with Crippen LogP contribution >= 0.6 is 11.3 Å². The zero-order valence-electron chi connectivity index (χ0n) is 12.9. The second kappa shape index (κ2) is 6.89. The number of carboxylic acids is 1. The van der Waals surface area contributed by atoms with E-state index in [0.717, 1.165) is 23.1 Å². The highest BCUT2D eigenvalue weighted by Crippen LogP contribution is 2.24. The molecule has 0 aliphatic rings. The normalized spacial score (nSPS) is 13.3. The first-order valence-electron chi connectivity index (χ1n) is 7.02. The van der Waals surface area contributed by atoms with Crippen molar-refractivity contribution < 1.29 is 19.8 Å². The minimum atomic E-state index is -1.98. The van der Waals surface area contributed by atoms with Crippen molar-refractivity contribution in [3.05, 3.63) is 40.9 Å². The number of amides is 1. The van der Waals surface area contributed by atoms with E-state index in [0.29, 0.717) is 5.69 Å². The molecule has 1 aromatic carbocycles. The maximum absolute atomic E-state index is 11.8. The van der Waals surface area contributed by atoms with Crippen LogP contribution in [0.1, 0.15) is 18.2 Å². The molecule has 0 spiro atoms. The summed E-state index contributed by atoms with van der Waals surface area (Å²) in [5.74, 6) is -1.76. The summed E-state index contributed by atoms with van der Waals surface area (Å²) >= 11 is 1.45. The molecule has 1 atom stereocenters. The van der Waals surface area contributed by atoms with E-state index in [9.17, 15) is 14.7 Å². The van der Waals surface area contributed by atoms with Gasteiger partial charge in [0.15, 0.2) is 5.60 Å². The number of thiazole rings is 1. The van der Waals surface area contributed by atoms with Gasteiger partial charge >= 0.3 is 5.97 Å². The minimum Gasteiger partial charge on any atom is -0.479 e. The Morgan fingerprint density at radius 1 is 1.39 bits per heavy atom. The maximum Gasteiger partial charge on any atom is 0.337 e. The van der Waals surface area contributed by atoms with Gasteiger partial charge in [0.25, 0.3) is 0 Å². The molecule has 0 saturated carbocycles. The number of aromatic nitrogens is 1. The van der Waals surface area contributed by atoms with Crippen LogP contribution < -0.4 is 5.32 Å². The Morgan fingerprint density at radius 2 is 2.13 bits per heavy atom. The Kier molecular flexibility index (Phi) is 5.12. The van der Waals surface area contributed by atoms with Crippen molar-refractivity contribution in [3.63, 3.8) is 0 Å².